The molecule has 0 amide bonds. The predicted molar refractivity (Wildman–Crippen MR) is 61.6 cm³/mol. The molecule has 0 aromatic heterocycles. The molecule has 1 aromatic carbocycles. The van der Waals surface area contributed by atoms with Crippen LogP contribution < -0.4 is 11.1 Å². The minimum Gasteiger partial charge on any atom is -0.329 e. The Morgan fingerprint density at radius 1 is 1.17 bits per heavy atom. The van der Waals surface area contributed by atoms with E-state index in [-0.39, 0.29) is 12.4 Å². The SMILES string of the molecule is CC(CN)(Cc1ccc(F)cc1)NCC(F)(F)F. The molecule has 0 fully saturated rings. The third-order valence-corrected chi connectivity index (χ3v) is 2.67. The summed E-state index contributed by atoms with van der Waals surface area (Å²) in [5, 5.41) is 2.41. The minimum atomic E-state index is -4.28. The maximum Gasteiger partial charge on any atom is 0.401 e. The standard InChI is InChI=1S/C12H16F4N2/c1-11(7-17,18-8-12(14,15)16)6-9-2-4-10(13)5-3-9/h2-5,18H,6-8,17H2,1H3. The van der Waals surface area contributed by atoms with Gasteiger partial charge in [-0.2, -0.15) is 13.2 Å². The van der Waals surface area contributed by atoms with E-state index in [1.54, 1.807) is 19.1 Å². The summed E-state index contributed by atoms with van der Waals surface area (Å²) in [5.74, 6) is -0.378. The zero-order valence-electron chi connectivity index (χ0n) is 10.0. The lowest BCUT2D eigenvalue weighted by atomic mass is 9.93. The van der Waals surface area contributed by atoms with Gasteiger partial charge in [-0.15, -0.1) is 0 Å². The lowest BCUT2D eigenvalue weighted by Crippen LogP contribution is -2.53. The van der Waals surface area contributed by atoms with Crippen molar-refractivity contribution >= 4 is 0 Å². The number of nitrogens with two attached hydrogens (primary N) is 1. The van der Waals surface area contributed by atoms with Crippen molar-refractivity contribution in [1.29, 1.82) is 0 Å². The fourth-order valence-corrected chi connectivity index (χ4v) is 1.57. The van der Waals surface area contributed by atoms with Gasteiger partial charge >= 0.3 is 6.18 Å². The Kier molecular flexibility index (Phi) is 4.70. The van der Waals surface area contributed by atoms with Crippen molar-refractivity contribution in [3.63, 3.8) is 0 Å². The maximum atomic E-state index is 12.7. The molecule has 0 radical (unpaired) electrons. The van der Waals surface area contributed by atoms with Crippen LogP contribution in [0.4, 0.5) is 17.6 Å². The molecule has 1 aromatic rings. The van der Waals surface area contributed by atoms with Gasteiger partial charge in [-0.1, -0.05) is 12.1 Å². The summed E-state index contributed by atoms with van der Waals surface area (Å²) >= 11 is 0. The number of hydrogen-bond donors (Lipinski definition) is 2. The number of halogens is 4. The highest BCUT2D eigenvalue weighted by Gasteiger charge is 2.32. The zero-order valence-corrected chi connectivity index (χ0v) is 10.0. The maximum absolute atomic E-state index is 12.7. The molecule has 0 saturated carbocycles. The Balaban J connectivity index is 2.67. The van der Waals surface area contributed by atoms with Gasteiger partial charge in [0.05, 0.1) is 6.54 Å². The van der Waals surface area contributed by atoms with E-state index in [1.165, 1.54) is 12.1 Å². The molecule has 0 aliphatic rings. The van der Waals surface area contributed by atoms with Crippen LogP contribution >= 0.6 is 0 Å². The lowest BCUT2D eigenvalue weighted by Gasteiger charge is -2.30. The summed E-state index contributed by atoms with van der Waals surface area (Å²) in [7, 11) is 0. The average molecular weight is 264 g/mol. The summed E-state index contributed by atoms with van der Waals surface area (Å²) < 4.78 is 49.2. The minimum absolute atomic E-state index is 0.0560. The van der Waals surface area contributed by atoms with Crippen molar-refractivity contribution in [1.82, 2.24) is 5.32 Å². The normalized spacial score (nSPS) is 15.4. The molecular formula is C12H16F4N2. The Bertz CT molecular complexity index is 375. The van der Waals surface area contributed by atoms with E-state index in [9.17, 15) is 17.6 Å². The van der Waals surface area contributed by atoms with Crippen molar-refractivity contribution in [2.24, 2.45) is 5.73 Å². The third-order valence-electron chi connectivity index (χ3n) is 2.67. The van der Waals surface area contributed by atoms with Gasteiger partial charge < -0.3 is 11.1 Å². The summed E-state index contributed by atoms with van der Waals surface area (Å²) in [5.41, 5.74) is 5.38. The van der Waals surface area contributed by atoms with Gasteiger partial charge in [-0.3, -0.25) is 0 Å². The summed E-state index contributed by atoms with van der Waals surface area (Å²) in [6, 6.07) is 5.63. The molecule has 0 spiro atoms. The van der Waals surface area contributed by atoms with Crippen molar-refractivity contribution in [3.05, 3.63) is 35.6 Å². The fraction of sp³-hybridized carbons (Fsp3) is 0.500. The molecule has 18 heavy (non-hydrogen) atoms. The molecule has 0 heterocycles. The zero-order chi connectivity index (χ0) is 13.8. The largest absolute Gasteiger partial charge is 0.401 e. The van der Waals surface area contributed by atoms with Crippen LogP contribution in [-0.2, 0) is 6.42 Å². The molecule has 0 aliphatic heterocycles. The monoisotopic (exact) mass is 264 g/mol. The molecule has 6 heteroatoms. The molecule has 3 N–H and O–H groups in total. The van der Waals surface area contributed by atoms with Gasteiger partial charge in [-0.05, 0) is 31.0 Å². The Morgan fingerprint density at radius 3 is 2.17 bits per heavy atom. The first kappa shape index (κ1) is 14.9. The van der Waals surface area contributed by atoms with E-state index >= 15 is 0 Å². The van der Waals surface area contributed by atoms with Crippen molar-refractivity contribution in [2.75, 3.05) is 13.1 Å². The molecule has 1 atom stereocenters. The van der Waals surface area contributed by atoms with Crippen LogP contribution in [-0.4, -0.2) is 24.8 Å². The van der Waals surface area contributed by atoms with Crippen LogP contribution in [0.3, 0.4) is 0 Å². The third kappa shape index (κ3) is 5.01. The smallest absolute Gasteiger partial charge is 0.329 e. The van der Waals surface area contributed by atoms with Gasteiger partial charge in [0, 0.05) is 12.1 Å². The second kappa shape index (κ2) is 5.67. The van der Waals surface area contributed by atoms with Gasteiger partial charge in [0.25, 0.3) is 0 Å². The first-order chi connectivity index (χ1) is 8.24. The van der Waals surface area contributed by atoms with E-state index in [0.29, 0.717) is 6.42 Å². The average Bonchev–Trinajstić information content (AvgIpc) is 2.29. The highest BCUT2D eigenvalue weighted by atomic mass is 19.4. The van der Waals surface area contributed by atoms with E-state index in [4.69, 9.17) is 5.73 Å². The molecule has 0 aliphatic carbocycles. The number of nitrogens with one attached hydrogen (secondary N) is 1. The Morgan fingerprint density at radius 2 is 1.72 bits per heavy atom. The fourth-order valence-electron chi connectivity index (χ4n) is 1.57. The molecule has 2 nitrogen and oxygen atoms in total. The van der Waals surface area contributed by atoms with Crippen molar-refractivity contribution in [2.45, 2.75) is 25.1 Å². The molecule has 102 valence electrons. The van der Waals surface area contributed by atoms with E-state index in [0.717, 1.165) is 5.56 Å². The summed E-state index contributed by atoms with van der Waals surface area (Å²) in [6.07, 6.45) is -3.97. The molecular weight excluding hydrogens is 248 g/mol. The van der Waals surface area contributed by atoms with E-state index in [1.807, 2.05) is 0 Å². The summed E-state index contributed by atoms with van der Waals surface area (Å²) in [6.45, 7) is 0.574. The van der Waals surface area contributed by atoms with Crippen molar-refractivity contribution in [3.8, 4) is 0 Å². The van der Waals surface area contributed by atoms with Crippen LogP contribution in [0, 0.1) is 5.82 Å². The van der Waals surface area contributed by atoms with Gasteiger partial charge in [0.2, 0.25) is 0 Å². The van der Waals surface area contributed by atoms with Crippen molar-refractivity contribution < 1.29 is 17.6 Å². The van der Waals surface area contributed by atoms with Gasteiger partial charge in [0.1, 0.15) is 5.82 Å². The topological polar surface area (TPSA) is 38.0 Å². The highest BCUT2D eigenvalue weighted by Crippen LogP contribution is 2.17. The second-order valence-corrected chi connectivity index (χ2v) is 4.54. The Hall–Kier alpha value is -1.14. The molecule has 1 rings (SSSR count). The number of rotatable bonds is 5. The number of benzene rings is 1. The van der Waals surface area contributed by atoms with Crippen LogP contribution in [0.25, 0.3) is 0 Å². The first-order valence-corrected chi connectivity index (χ1v) is 5.50. The van der Waals surface area contributed by atoms with Gasteiger partial charge in [-0.25, -0.2) is 4.39 Å². The quantitative estimate of drug-likeness (QED) is 0.800. The molecule has 0 bridgehead atoms. The first-order valence-electron chi connectivity index (χ1n) is 5.50. The molecule has 0 saturated heterocycles. The summed E-state index contributed by atoms with van der Waals surface area (Å²) in [4.78, 5) is 0. The second-order valence-electron chi connectivity index (χ2n) is 4.54. The number of alkyl halides is 3. The highest BCUT2D eigenvalue weighted by molar-refractivity contribution is 5.19. The van der Waals surface area contributed by atoms with E-state index in [2.05, 4.69) is 5.32 Å². The van der Waals surface area contributed by atoms with Crippen LogP contribution in [0.15, 0.2) is 24.3 Å². The Labute approximate surface area is 103 Å². The van der Waals surface area contributed by atoms with Crippen LogP contribution in [0.2, 0.25) is 0 Å². The number of hydrogen-bond acceptors (Lipinski definition) is 2. The van der Waals surface area contributed by atoms with E-state index < -0.39 is 18.3 Å². The molecule has 1 unspecified atom stereocenters. The van der Waals surface area contributed by atoms with Gasteiger partial charge in [0.15, 0.2) is 0 Å². The lowest BCUT2D eigenvalue weighted by molar-refractivity contribution is -0.128. The predicted octanol–water partition coefficient (Wildman–Crippen LogP) is 2.24. The van der Waals surface area contributed by atoms with Crippen LogP contribution in [0.1, 0.15) is 12.5 Å². The van der Waals surface area contributed by atoms with Crippen LogP contribution in [0.5, 0.6) is 0 Å².